The third kappa shape index (κ3) is 5.51. The molecule has 1 atom stereocenters. The fourth-order valence-corrected chi connectivity index (χ4v) is 3.87. The zero-order valence-electron chi connectivity index (χ0n) is 15.5. The van der Waals surface area contributed by atoms with Crippen LogP contribution in [0.25, 0.3) is 0 Å². The van der Waals surface area contributed by atoms with Crippen molar-refractivity contribution in [3.63, 3.8) is 0 Å². The molecule has 6 nitrogen and oxygen atoms in total. The van der Waals surface area contributed by atoms with E-state index in [4.69, 9.17) is 4.74 Å². The van der Waals surface area contributed by atoms with Gasteiger partial charge >= 0.3 is 0 Å². The van der Waals surface area contributed by atoms with Crippen molar-refractivity contribution in [2.45, 2.75) is 31.2 Å². The molecule has 0 aliphatic heterocycles. The molecule has 0 bridgehead atoms. The van der Waals surface area contributed by atoms with E-state index in [1.165, 1.54) is 19.1 Å². The molecule has 0 heterocycles. The predicted octanol–water partition coefficient (Wildman–Crippen LogP) is 2.17. The van der Waals surface area contributed by atoms with Crippen molar-refractivity contribution in [2.75, 3.05) is 13.7 Å². The quantitative estimate of drug-likeness (QED) is 0.719. The minimum Gasteiger partial charge on any atom is -0.496 e. The molecule has 2 N–H and O–H groups in total. The summed E-state index contributed by atoms with van der Waals surface area (Å²) in [6, 6.07) is 9.71. The molecule has 1 amide bonds. The Hall–Kier alpha value is -2.45. The van der Waals surface area contributed by atoms with Crippen LogP contribution < -0.4 is 14.8 Å². The molecular formula is C19H23FN2O4S. The standard InChI is InChI=1S/C19H23FN2O4S/c1-13-8-9-17(26-3)15(12-13)10-11-21-19(23)14(2)22-27(24,25)18-7-5-4-6-16(18)20/h4-9,12,14,22H,10-11H2,1-3H3,(H,21,23)/t14-/m1/s1. The minimum atomic E-state index is -4.13. The zero-order chi connectivity index (χ0) is 20.0. The van der Waals surface area contributed by atoms with Crippen molar-refractivity contribution < 1.29 is 22.3 Å². The number of halogens is 1. The normalized spacial score (nSPS) is 12.4. The summed E-state index contributed by atoms with van der Waals surface area (Å²) in [5.41, 5.74) is 2.01. The molecular weight excluding hydrogens is 371 g/mol. The van der Waals surface area contributed by atoms with Gasteiger partial charge in [-0.2, -0.15) is 4.72 Å². The summed E-state index contributed by atoms with van der Waals surface area (Å²) in [7, 11) is -2.56. The van der Waals surface area contributed by atoms with E-state index in [0.717, 1.165) is 29.0 Å². The Balaban J connectivity index is 1.95. The molecule has 8 heteroatoms. The number of carbonyl (C=O) groups excluding carboxylic acids is 1. The highest BCUT2D eigenvalue weighted by molar-refractivity contribution is 7.89. The van der Waals surface area contributed by atoms with Crippen LogP contribution in [0.5, 0.6) is 5.75 Å². The van der Waals surface area contributed by atoms with Gasteiger partial charge in [-0.1, -0.05) is 29.8 Å². The molecule has 0 fully saturated rings. The van der Waals surface area contributed by atoms with Gasteiger partial charge < -0.3 is 10.1 Å². The van der Waals surface area contributed by atoms with Crippen molar-refractivity contribution >= 4 is 15.9 Å². The number of amides is 1. The molecule has 0 radical (unpaired) electrons. The fourth-order valence-electron chi connectivity index (χ4n) is 2.59. The maximum Gasteiger partial charge on any atom is 0.244 e. The lowest BCUT2D eigenvalue weighted by molar-refractivity contribution is -0.122. The summed E-state index contributed by atoms with van der Waals surface area (Å²) in [5.74, 6) is -0.645. The highest BCUT2D eigenvalue weighted by Crippen LogP contribution is 2.19. The Morgan fingerprint density at radius 3 is 2.59 bits per heavy atom. The van der Waals surface area contributed by atoms with Crippen LogP contribution >= 0.6 is 0 Å². The van der Waals surface area contributed by atoms with Crippen molar-refractivity contribution in [2.24, 2.45) is 0 Å². The number of hydrogen-bond acceptors (Lipinski definition) is 4. The van der Waals surface area contributed by atoms with Crippen LogP contribution in [0.4, 0.5) is 4.39 Å². The molecule has 2 aromatic rings. The first-order chi connectivity index (χ1) is 12.7. The second kappa shape index (κ2) is 8.96. The second-order valence-electron chi connectivity index (χ2n) is 6.13. The lowest BCUT2D eigenvalue weighted by Crippen LogP contribution is -2.45. The van der Waals surface area contributed by atoms with Crippen LogP contribution in [-0.4, -0.2) is 34.0 Å². The second-order valence-corrected chi connectivity index (χ2v) is 7.81. The highest BCUT2D eigenvalue weighted by Gasteiger charge is 2.24. The molecule has 0 saturated heterocycles. The van der Waals surface area contributed by atoms with Crippen LogP contribution in [0.1, 0.15) is 18.1 Å². The summed E-state index contributed by atoms with van der Waals surface area (Å²) < 4.78 is 45.7. The first-order valence-corrected chi connectivity index (χ1v) is 9.91. The van der Waals surface area contributed by atoms with Crippen molar-refractivity contribution in [1.82, 2.24) is 10.0 Å². The molecule has 0 spiro atoms. The monoisotopic (exact) mass is 394 g/mol. The van der Waals surface area contributed by atoms with E-state index in [9.17, 15) is 17.6 Å². The number of sulfonamides is 1. The van der Waals surface area contributed by atoms with Crippen LogP contribution in [0.3, 0.4) is 0 Å². The van der Waals surface area contributed by atoms with E-state index < -0.39 is 32.7 Å². The summed E-state index contributed by atoms with van der Waals surface area (Å²) in [5, 5.41) is 2.68. The molecule has 0 saturated carbocycles. The summed E-state index contributed by atoms with van der Waals surface area (Å²) in [4.78, 5) is 11.7. The van der Waals surface area contributed by atoms with Gasteiger partial charge in [0.15, 0.2) is 0 Å². The maximum absolute atomic E-state index is 13.7. The van der Waals surface area contributed by atoms with Crippen LogP contribution in [-0.2, 0) is 21.2 Å². The van der Waals surface area contributed by atoms with Crippen molar-refractivity contribution in [1.29, 1.82) is 0 Å². The summed E-state index contributed by atoms with van der Waals surface area (Å²) in [6.45, 7) is 3.67. The topological polar surface area (TPSA) is 84.5 Å². The number of carbonyl (C=O) groups is 1. The smallest absolute Gasteiger partial charge is 0.244 e. The number of aryl methyl sites for hydroxylation is 1. The molecule has 0 aliphatic rings. The van der Waals surface area contributed by atoms with E-state index in [1.807, 2.05) is 25.1 Å². The van der Waals surface area contributed by atoms with Gasteiger partial charge in [-0.15, -0.1) is 0 Å². The number of methoxy groups -OCH3 is 1. The van der Waals surface area contributed by atoms with E-state index in [1.54, 1.807) is 7.11 Å². The number of hydrogen-bond donors (Lipinski definition) is 2. The third-order valence-electron chi connectivity index (χ3n) is 3.98. The third-order valence-corrected chi connectivity index (χ3v) is 5.55. The number of ether oxygens (including phenoxy) is 1. The molecule has 146 valence electrons. The predicted molar refractivity (Wildman–Crippen MR) is 101 cm³/mol. The van der Waals surface area contributed by atoms with Gasteiger partial charge in [-0.3, -0.25) is 4.79 Å². The lowest BCUT2D eigenvalue weighted by Gasteiger charge is -2.15. The SMILES string of the molecule is COc1ccc(C)cc1CCNC(=O)[C@@H](C)NS(=O)(=O)c1ccccc1F. The van der Waals surface area contributed by atoms with Gasteiger partial charge in [-0.25, -0.2) is 12.8 Å². The van der Waals surface area contributed by atoms with E-state index in [-0.39, 0.29) is 0 Å². The first-order valence-electron chi connectivity index (χ1n) is 8.42. The van der Waals surface area contributed by atoms with Crippen molar-refractivity contribution in [3.05, 3.63) is 59.4 Å². The van der Waals surface area contributed by atoms with E-state index >= 15 is 0 Å². The Morgan fingerprint density at radius 1 is 1.22 bits per heavy atom. The summed E-state index contributed by atoms with van der Waals surface area (Å²) >= 11 is 0. The summed E-state index contributed by atoms with van der Waals surface area (Å²) in [6.07, 6.45) is 0.531. The molecule has 2 rings (SSSR count). The zero-order valence-corrected chi connectivity index (χ0v) is 16.3. The van der Waals surface area contributed by atoms with Gasteiger partial charge in [0.05, 0.1) is 13.2 Å². The van der Waals surface area contributed by atoms with Gasteiger partial charge in [0.2, 0.25) is 15.9 Å². The van der Waals surface area contributed by atoms with Crippen LogP contribution in [0.2, 0.25) is 0 Å². The Kier molecular flexibility index (Phi) is 6.92. The van der Waals surface area contributed by atoms with Gasteiger partial charge in [-0.05, 0) is 44.0 Å². The van der Waals surface area contributed by atoms with Gasteiger partial charge in [0.1, 0.15) is 16.5 Å². The highest BCUT2D eigenvalue weighted by atomic mass is 32.2. The minimum absolute atomic E-state index is 0.310. The van der Waals surface area contributed by atoms with Gasteiger partial charge in [0.25, 0.3) is 0 Å². The molecule has 27 heavy (non-hydrogen) atoms. The van der Waals surface area contributed by atoms with Crippen LogP contribution in [0.15, 0.2) is 47.4 Å². The lowest BCUT2D eigenvalue weighted by atomic mass is 10.1. The Labute approximate surface area is 158 Å². The Morgan fingerprint density at radius 2 is 1.93 bits per heavy atom. The largest absolute Gasteiger partial charge is 0.496 e. The Bertz CT molecular complexity index is 916. The molecule has 0 aromatic heterocycles. The van der Waals surface area contributed by atoms with E-state index in [0.29, 0.717) is 13.0 Å². The number of nitrogens with one attached hydrogen (secondary N) is 2. The van der Waals surface area contributed by atoms with E-state index in [2.05, 4.69) is 10.0 Å². The molecule has 0 unspecified atom stereocenters. The number of benzene rings is 2. The average Bonchev–Trinajstić information content (AvgIpc) is 2.61. The first kappa shape index (κ1) is 20.9. The molecule has 2 aromatic carbocycles. The van der Waals surface area contributed by atoms with Crippen molar-refractivity contribution in [3.8, 4) is 5.75 Å². The number of rotatable bonds is 8. The fraction of sp³-hybridized carbons (Fsp3) is 0.316. The maximum atomic E-state index is 13.7. The van der Waals surface area contributed by atoms with Gasteiger partial charge in [0, 0.05) is 6.54 Å². The average molecular weight is 394 g/mol. The molecule has 0 aliphatic carbocycles. The van der Waals surface area contributed by atoms with Crippen LogP contribution in [0, 0.1) is 12.7 Å².